The molecule has 5 nitrogen and oxygen atoms in total. The minimum Gasteiger partial charge on any atom is -0.507 e. The topological polar surface area (TPSA) is 70.9 Å². The van der Waals surface area contributed by atoms with Gasteiger partial charge in [-0.15, -0.1) is 0 Å². The Morgan fingerprint density at radius 1 is 1.25 bits per heavy atom. The highest BCUT2D eigenvalue weighted by Crippen LogP contribution is 2.25. The van der Waals surface area contributed by atoms with Crippen LogP contribution < -0.4 is 10.2 Å². The Balaban J connectivity index is 1.90. The lowest BCUT2D eigenvalue weighted by molar-refractivity contribution is -0.123. The summed E-state index contributed by atoms with van der Waals surface area (Å²) in [6, 6.07) is 8.84. The first-order valence-electron chi connectivity index (χ1n) is 7.38. The molecule has 6 heteroatoms. The molecule has 0 atom stereocenters. The SMILES string of the molecule is Cc1cccc(C=NNC(=O)COc2cc(C)c(Cl)c(C)c2)c1O. The summed E-state index contributed by atoms with van der Waals surface area (Å²) in [5.74, 6) is 0.312. The van der Waals surface area contributed by atoms with Crippen LogP contribution in [0.2, 0.25) is 5.02 Å². The molecule has 0 saturated heterocycles. The molecular formula is C18H19ClN2O3. The fraction of sp³-hybridized carbons (Fsp3) is 0.222. The molecule has 0 fully saturated rings. The van der Waals surface area contributed by atoms with Gasteiger partial charge in [0.2, 0.25) is 0 Å². The van der Waals surface area contributed by atoms with Crippen molar-refractivity contribution in [2.75, 3.05) is 6.61 Å². The van der Waals surface area contributed by atoms with Crippen molar-refractivity contribution in [2.24, 2.45) is 5.10 Å². The molecule has 0 heterocycles. The average Bonchev–Trinajstić information content (AvgIpc) is 2.54. The van der Waals surface area contributed by atoms with Crippen LogP contribution in [0, 0.1) is 20.8 Å². The number of carbonyl (C=O) groups is 1. The van der Waals surface area contributed by atoms with E-state index in [1.807, 2.05) is 13.8 Å². The number of phenolic OH excluding ortho intramolecular Hbond substituents is 1. The summed E-state index contributed by atoms with van der Waals surface area (Å²) >= 11 is 6.09. The molecule has 1 amide bonds. The van der Waals surface area contributed by atoms with Crippen molar-refractivity contribution < 1.29 is 14.6 Å². The van der Waals surface area contributed by atoms with Crippen molar-refractivity contribution in [3.8, 4) is 11.5 Å². The third-order valence-electron chi connectivity index (χ3n) is 3.44. The number of aromatic hydroxyl groups is 1. The number of hydrazone groups is 1. The number of benzene rings is 2. The molecule has 0 bridgehead atoms. The van der Waals surface area contributed by atoms with E-state index in [9.17, 15) is 9.90 Å². The van der Waals surface area contributed by atoms with Crippen LogP contribution in [0.1, 0.15) is 22.3 Å². The highest BCUT2D eigenvalue weighted by molar-refractivity contribution is 6.32. The second-order valence-electron chi connectivity index (χ2n) is 5.47. The van der Waals surface area contributed by atoms with Crippen LogP contribution in [0.4, 0.5) is 0 Å². The molecule has 0 aliphatic rings. The maximum absolute atomic E-state index is 11.8. The Bertz CT molecular complexity index is 765. The van der Waals surface area contributed by atoms with E-state index in [4.69, 9.17) is 16.3 Å². The van der Waals surface area contributed by atoms with Gasteiger partial charge in [0.15, 0.2) is 6.61 Å². The zero-order valence-corrected chi connectivity index (χ0v) is 14.5. The molecule has 0 aliphatic heterocycles. The van der Waals surface area contributed by atoms with Crippen molar-refractivity contribution in [1.82, 2.24) is 5.43 Å². The number of aryl methyl sites for hydroxylation is 3. The molecule has 2 aromatic rings. The number of amides is 1. The molecule has 0 aliphatic carbocycles. The number of para-hydroxylation sites is 1. The molecule has 0 aromatic heterocycles. The average molecular weight is 347 g/mol. The van der Waals surface area contributed by atoms with Crippen molar-refractivity contribution in [3.05, 3.63) is 57.6 Å². The van der Waals surface area contributed by atoms with Crippen LogP contribution in [0.3, 0.4) is 0 Å². The monoisotopic (exact) mass is 346 g/mol. The number of phenols is 1. The maximum Gasteiger partial charge on any atom is 0.277 e. The van der Waals surface area contributed by atoms with Crippen LogP contribution in [0.25, 0.3) is 0 Å². The van der Waals surface area contributed by atoms with Crippen molar-refractivity contribution in [1.29, 1.82) is 0 Å². The van der Waals surface area contributed by atoms with Crippen molar-refractivity contribution >= 4 is 23.7 Å². The van der Waals surface area contributed by atoms with Gasteiger partial charge in [-0.3, -0.25) is 4.79 Å². The first-order chi connectivity index (χ1) is 11.4. The van der Waals surface area contributed by atoms with Crippen LogP contribution >= 0.6 is 11.6 Å². The standard InChI is InChI=1S/C18H19ClN2O3/c1-11-5-4-6-14(18(11)23)9-20-21-16(22)10-24-15-7-12(2)17(19)13(3)8-15/h4-9,23H,10H2,1-3H3,(H,21,22). The summed E-state index contributed by atoms with van der Waals surface area (Å²) in [4.78, 5) is 11.8. The van der Waals surface area contributed by atoms with Gasteiger partial charge in [0.25, 0.3) is 5.91 Å². The summed E-state index contributed by atoms with van der Waals surface area (Å²) < 4.78 is 5.44. The summed E-state index contributed by atoms with van der Waals surface area (Å²) in [5.41, 5.74) is 5.40. The number of halogens is 1. The number of rotatable bonds is 5. The van der Waals surface area contributed by atoms with E-state index in [1.165, 1.54) is 6.21 Å². The lowest BCUT2D eigenvalue weighted by atomic mass is 10.1. The molecule has 0 spiro atoms. The number of ether oxygens (including phenoxy) is 1. The number of hydrogen-bond acceptors (Lipinski definition) is 4. The van der Waals surface area contributed by atoms with Gasteiger partial charge >= 0.3 is 0 Å². The normalized spacial score (nSPS) is 10.8. The van der Waals surface area contributed by atoms with Gasteiger partial charge in [-0.2, -0.15) is 5.10 Å². The van der Waals surface area contributed by atoms with E-state index in [0.717, 1.165) is 16.7 Å². The van der Waals surface area contributed by atoms with Crippen molar-refractivity contribution in [3.63, 3.8) is 0 Å². The Morgan fingerprint density at radius 3 is 2.58 bits per heavy atom. The van der Waals surface area contributed by atoms with Crippen LogP contribution in [-0.4, -0.2) is 23.8 Å². The first kappa shape index (κ1) is 17.8. The van der Waals surface area contributed by atoms with Crippen LogP contribution in [0.15, 0.2) is 35.4 Å². The minimum absolute atomic E-state index is 0.138. The van der Waals surface area contributed by atoms with Gasteiger partial charge in [0.1, 0.15) is 11.5 Å². The van der Waals surface area contributed by atoms with E-state index >= 15 is 0 Å². The van der Waals surface area contributed by atoms with Crippen LogP contribution in [0.5, 0.6) is 11.5 Å². The Hall–Kier alpha value is -2.53. The van der Waals surface area contributed by atoms with E-state index in [2.05, 4.69) is 10.5 Å². The molecule has 2 rings (SSSR count). The van der Waals surface area contributed by atoms with E-state index in [-0.39, 0.29) is 12.4 Å². The zero-order chi connectivity index (χ0) is 17.7. The third kappa shape index (κ3) is 4.49. The highest BCUT2D eigenvalue weighted by Gasteiger charge is 2.06. The van der Waals surface area contributed by atoms with Gasteiger partial charge in [-0.25, -0.2) is 5.43 Å². The van der Waals surface area contributed by atoms with Gasteiger partial charge < -0.3 is 9.84 Å². The lowest BCUT2D eigenvalue weighted by Gasteiger charge is -2.09. The third-order valence-corrected chi connectivity index (χ3v) is 4.04. The molecule has 0 radical (unpaired) electrons. The molecule has 0 saturated carbocycles. The predicted molar refractivity (Wildman–Crippen MR) is 95.0 cm³/mol. The van der Waals surface area contributed by atoms with Gasteiger partial charge in [-0.05, 0) is 55.7 Å². The molecule has 0 unspecified atom stereocenters. The summed E-state index contributed by atoms with van der Waals surface area (Å²) in [5, 5.41) is 14.4. The molecule has 24 heavy (non-hydrogen) atoms. The second kappa shape index (κ2) is 7.84. The number of hydrogen-bond donors (Lipinski definition) is 2. The first-order valence-corrected chi connectivity index (χ1v) is 7.76. The molecule has 2 aromatic carbocycles. The largest absolute Gasteiger partial charge is 0.507 e. The number of carbonyl (C=O) groups excluding carboxylic acids is 1. The zero-order valence-electron chi connectivity index (χ0n) is 13.8. The number of nitrogens with one attached hydrogen (secondary N) is 1. The number of nitrogens with zero attached hydrogens (tertiary/aromatic N) is 1. The van der Waals surface area contributed by atoms with E-state index in [0.29, 0.717) is 16.3 Å². The van der Waals surface area contributed by atoms with E-state index < -0.39 is 5.91 Å². The van der Waals surface area contributed by atoms with Gasteiger partial charge in [0, 0.05) is 10.6 Å². The van der Waals surface area contributed by atoms with Crippen LogP contribution in [-0.2, 0) is 4.79 Å². The molecular weight excluding hydrogens is 328 g/mol. The maximum atomic E-state index is 11.8. The molecule has 126 valence electrons. The molecule has 2 N–H and O–H groups in total. The van der Waals surface area contributed by atoms with Gasteiger partial charge in [0.05, 0.1) is 6.21 Å². The highest BCUT2D eigenvalue weighted by atomic mass is 35.5. The fourth-order valence-corrected chi connectivity index (χ4v) is 2.24. The predicted octanol–water partition coefficient (Wildman–Crippen LogP) is 3.50. The second-order valence-corrected chi connectivity index (χ2v) is 5.84. The summed E-state index contributed by atoms with van der Waals surface area (Å²) in [6.07, 6.45) is 1.39. The quantitative estimate of drug-likeness (QED) is 0.643. The Morgan fingerprint density at radius 2 is 1.92 bits per heavy atom. The summed E-state index contributed by atoms with van der Waals surface area (Å²) in [6.45, 7) is 5.37. The van der Waals surface area contributed by atoms with Gasteiger partial charge in [-0.1, -0.05) is 23.7 Å². The Labute approximate surface area is 145 Å². The van der Waals surface area contributed by atoms with Crippen molar-refractivity contribution in [2.45, 2.75) is 20.8 Å². The minimum atomic E-state index is -0.399. The fourth-order valence-electron chi connectivity index (χ4n) is 2.13. The van der Waals surface area contributed by atoms with E-state index in [1.54, 1.807) is 37.3 Å². The Kier molecular flexibility index (Phi) is 5.82. The smallest absolute Gasteiger partial charge is 0.277 e. The summed E-state index contributed by atoms with van der Waals surface area (Å²) in [7, 11) is 0. The lowest BCUT2D eigenvalue weighted by Crippen LogP contribution is -2.24.